The van der Waals surface area contributed by atoms with Crippen molar-refractivity contribution in [3.8, 4) is 5.75 Å². The fourth-order valence-corrected chi connectivity index (χ4v) is 7.15. The number of ether oxygens (including phenoxy) is 1. The van der Waals surface area contributed by atoms with E-state index >= 15 is 0 Å². The van der Waals surface area contributed by atoms with Gasteiger partial charge in [0, 0.05) is 32.2 Å². The zero-order chi connectivity index (χ0) is 31.5. The summed E-state index contributed by atoms with van der Waals surface area (Å²) in [5.74, 6) is -4.33. The highest BCUT2D eigenvalue weighted by molar-refractivity contribution is 7.89. The molecule has 1 atom stereocenters. The van der Waals surface area contributed by atoms with Gasteiger partial charge in [-0.05, 0) is 36.6 Å². The lowest BCUT2D eigenvalue weighted by atomic mass is 10.1. The molecule has 0 bridgehead atoms. The summed E-state index contributed by atoms with van der Waals surface area (Å²) in [5, 5.41) is 12.4. The number of sulfonamides is 1. The van der Waals surface area contributed by atoms with E-state index < -0.39 is 50.8 Å². The number of halogens is 4. The maximum Gasteiger partial charge on any atom is 0.573 e. The van der Waals surface area contributed by atoms with Crippen LogP contribution in [-0.4, -0.2) is 66.7 Å². The van der Waals surface area contributed by atoms with Crippen LogP contribution in [0.1, 0.15) is 39.8 Å². The first-order chi connectivity index (χ1) is 20.2. The second kappa shape index (κ2) is 12.9. The first-order valence-electron chi connectivity index (χ1n) is 13.1. The number of anilines is 1. The third kappa shape index (κ3) is 7.61. The molecule has 0 unspecified atom stereocenters. The molecule has 10 nitrogen and oxygen atoms in total. The van der Waals surface area contributed by atoms with Crippen molar-refractivity contribution >= 4 is 38.4 Å². The number of amides is 1. The van der Waals surface area contributed by atoms with Crippen molar-refractivity contribution in [2.24, 2.45) is 0 Å². The number of aromatic nitrogens is 1. The molecule has 1 fully saturated rings. The largest absolute Gasteiger partial charge is 0.573 e. The van der Waals surface area contributed by atoms with Gasteiger partial charge in [-0.1, -0.05) is 48.9 Å². The second-order valence-electron chi connectivity index (χ2n) is 9.72. The van der Waals surface area contributed by atoms with Gasteiger partial charge in [-0.25, -0.2) is 22.6 Å². The monoisotopic (exact) mass is 644 g/mol. The summed E-state index contributed by atoms with van der Waals surface area (Å²) in [6.07, 6.45) is -3.27. The quantitative estimate of drug-likeness (QED) is 0.312. The average molecular weight is 645 g/mol. The van der Waals surface area contributed by atoms with Crippen LogP contribution in [0.3, 0.4) is 0 Å². The number of nitrogens with one attached hydrogen (secondary N) is 1. The highest BCUT2D eigenvalue weighted by Gasteiger charge is 2.42. The predicted molar refractivity (Wildman–Crippen MR) is 149 cm³/mol. The summed E-state index contributed by atoms with van der Waals surface area (Å²) in [4.78, 5) is 29.9. The van der Waals surface area contributed by atoms with E-state index in [9.17, 15) is 40.7 Å². The highest BCUT2D eigenvalue weighted by atomic mass is 32.2. The smallest absolute Gasteiger partial charge is 0.477 e. The lowest BCUT2D eigenvalue weighted by Gasteiger charge is -2.39. The molecule has 1 aliphatic heterocycles. The number of thiazole rings is 1. The van der Waals surface area contributed by atoms with Crippen molar-refractivity contribution in [2.45, 2.75) is 50.5 Å². The Hall–Kier alpha value is -3.76. The van der Waals surface area contributed by atoms with Crippen LogP contribution >= 0.6 is 11.3 Å². The standard InChI is InChI=1S/C27H28F4N4O6S2/c1-3-4-17-5-7-18(8-6-17)14-32-24(36)21-15-34(26-33-16(2)23(42-26)25(37)38)11-12-35(21)43(39,40)22-10-9-19(13-20(22)28)41-27(29,30)31/h5-10,13,21H,3-4,11-12,14-15H2,1-2H3,(H,32,36)(H,37,38)/t21-/m1/s1. The normalized spacial score (nSPS) is 16.2. The van der Waals surface area contributed by atoms with Gasteiger partial charge in [-0.2, -0.15) is 4.31 Å². The van der Waals surface area contributed by atoms with Crippen molar-refractivity contribution in [1.29, 1.82) is 0 Å². The third-order valence-electron chi connectivity index (χ3n) is 6.64. The van der Waals surface area contributed by atoms with Gasteiger partial charge in [-0.3, -0.25) is 4.79 Å². The minimum absolute atomic E-state index is 0.0131. The highest BCUT2D eigenvalue weighted by Crippen LogP contribution is 2.32. The number of benzene rings is 2. The van der Waals surface area contributed by atoms with Crippen molar-refractivity contribution < 1.29 is 45.4 Å². The number of hydrogen-bond acceptors (Lipinski definition) is 8. The summed E-state index contributed by atoms with van der Waals surface area (Å²) in [7, 11) is -4.74. The van der Waals surface area contributed by atoms with E-state index in [-0.39, 0.29) is 41.9 Å². The Morgan fingerprint density at radius 2 is 1.81 bits per heavy atom. The average Bonchev–Trinajstić information content (AvgIpc) is 3.33. The second-order valence-corrected chi connectivity index (χ2v) is 12.6. The Balaban J connectivity index is 1.62. The third-order valence-corrected chi connectivity index (χ3v) is 9.78. The summed E-state index contributed by atoms with van der Waals surface area (Å²) >= 11 is 0.867. The molecule has 1 amide bonds. The fourth-order valence-electron chi connectivity index (χ4n) is 4.59. The molecule has 1 aliphatic rings. The Kier molecular flexibility index (Phi) is 9.61. The lowest BCUT2D eigenvalue weighted by Crippen LogP contribution is -2.60. The number of rotatable bonds is 10. The Morgan fingerprint density at radius 1 is 1.14 bits per heavy atom. The van der Waals surface area contributed by atoms with Crippen LogP contribution in [0.5, 0.6) is 5.75 Å². The Labute approximate surface area is 249 Å². The van der Waals surface area contributed by atoms with Gasteiger partial charge in [0.15, 0.2) is 5.13 Å². The first-order valence-corrected chi connectivity index (χ1v) is 15.3. The summed E-state index contributed by atoms with van der Waals surface area (Å²) in [6.45, 7) is 3.02. The molecule has 0 spiro atoms. The van der Waals surface area contributed by atoms with Crippen LogP contribution in [0, 0.1) is 12.7 Å². The first kappa shape index (κ1) is 32.2. The van der Waals surface area contributed by atoms with Crippen LogP contribution in [0.15, 0.2) is 47.4 Å². The SMILES string of the molecule is CCCc1ccc(CNC(=O)[C@H]2CN(c3nc(C)c(C(=O)O)s3)CCN2S(=O)(=O)c2ccc(OC(F)(F)F)cc2F)cc1. The number of aryl methyl sites for hydroxylation is 2. The maximum atomic E-state index is 14.9. The van der Waals surface area contributed by atoms with E-state index in [0.717, 1.165) is 39.6 Å². The number of carbonyl (C=O) groups is 2. The van der Waals surface area contributed by atoms with E-state index in [1.807, 2.05) is 31.2 Å². The molecule has 4 rings (SSSR count). The van der Waals surface area contributed by atoms with Gasteiger partial charge >= 0.3 is 12.3 Å². The number of piperazine rings is 1. The predicted octanol–water partition coefficient (Wildman–Crippen LogP) is 4.34. The molecule has 2 aromatic carbocycles. The molecule has 2 N–H and O–H groups in total. The molecular formula is C27H28F4N4O6S2. The molecule has 1 saturated heterocycles. The van der Waals surface area contributed by atoms with Crippen LogP contribution in [-0.2, 0) is 27.8 Å². The molecule has 232 valence electrons. The van der Waals surface area contributed by atoms with Crippen LogP contribution in [0.4, 0.5) is 22.7 Å². The zero-order valence-electron chi connectivity index (χ0n) is 23.0. The van der Waals surface area contributed by atoms with Crippen molar-refractivity contribution in [3.63, 3.8) is 0 Å². The number of carbonyl (C=O) groups excluding carboxylic acids is 1. The number of alkyl halides is 3. The molecule has 2 heterocycles. The van der Waals surface area contributed by atoms with Crippen LogP contribution in [0.2, 0.25) is 0 Å². The van der Waals surface area contributed by atoms with Gasteiger partial charge in [0.2, 0.25) is 15.9 Å². The van der Waals surface area contributed by atoms with E-state index in [1.54, 1.807) is 4.90 Å². The van der Waals surface area contributed by atoms with E-state index in [4.69, 9.17) is 0 Å². The number of nitrogens with zero attached hydrogens (tertiary/aromatic N) is 3. The molecular weight excluding hydrogens is 616 g/mol. The number of aromatic carboxylic acids is 1. The van der Waals surface area contributed by atoms with Gasteiger partial charge in [0.05, 0.1) is 5.69 Å². The van der Waals surface area contributed by atoms with Crippen molar-refractivity contribution in [1.82, 2.24) is 14.6 Å². The molecule has 0 saturated carbocycles. The Bertz CT molecular complexity index is 1600. The molecule has 43 heavy (non-hydrogen) atoms. The minimum Gasteiger partial charge on any atom is -0.477 e. The van der Waals surface area contributed by atoms with Crippen LogP contribution < -0.4 is 15.0 Å². The van der Waals surface area contributed by atoms with Gasteiger partial charge in [-0.15, -0.1) is 13.2 Å². The van der Waals surface area contributed by atoms with Crippen LogP contribution in [0.25, 0.3) is 0 Å². The summed E-state index contributed by atoms with van der Waals surface area (Å²) in [6, 6.07) is 7.71. The fraction of sp³-hybridized carbons (Fsp3) is 0.370. The lowest BCUT2D eigenvalue weighted by molar-refractivity contribution is -0.274. The maximum absolute atomic E-state index is 14.9. The topological polar surface area (TPSA) is 129 Å². The molecule has 1 aromatic heterocycles. The number of hydrogen-bond donors (Lipinski definition) is 2. The number of carboxylic acid groups (broad SMARTS) is 1. The summed E-state index contributed by atoms with van der Waals surface area (Å²) < 4.78 is 84.3. The van der Waals surface area contributed by atoms with Crippen molar-refractivity contribution in [3.05, 3.63) is 70.0 Å². The van der Waals surface area contributed by atoms with E-state index in [2.05, 4.69) is 15.0 Å². The molecule has 16 heteroatoms. The minimum atomic E-state index is -5.11. The Morgan fingerprint density at radius 3 is 2.40 bits per heavy atom. The van der Waals surface area contributed by atoms with E-state index in [0.29, 0.717) is 18.2 Å². The molecule has 0 aliphatic carbocycles. The molecule has 0 radical (unpaired) electrons. The van der Waals surface area contributed by atoms with Gasteiger partial charge < -0.3 is 20.1 Å². The van der Waals surface area contributed by atoms with Gasteiger partial charge in [0.25, 0.3) is 0 Å². The summed E-state index contributed by atoms with van der Waals surface area (Å²) in [5.41, 5.74) is 2.12. The molecule has 3 aromatic rings. The van der Waals surface area contributed by atoms with E-state index in [1.165, 1.54) is 6.92 Å². The van der Waals surface area contributed by atoms with Crippen molar-refractivity contribution in [2.75, 3.05) is 24.5 Å². The zero-order valence-corrected chi connectivity index (χ0v) is 24.7. The van der Waals surface area contributed by atoms with Gasteiger partial charge in [0.1, 0.15) is 27.4 Å². The number of carboxylic acids is 1.